The quantitative estimate of drug-likeness (QED) is 0.440. The van der Waals surface area contributed by atoms with Gasteiger partial charge in [-0.1, -0.05) is 48.0 Å². The number of benzene rings is 3. The zero-order valence-electron chi connectivity index (χ0n) is 18.3. The van der Waals surface area contributed by atoms with E-state index in [-0.39, 0.29) is 17.0 Å². The Bertz CT molecular complexity index is 1070. The zero-order chi connectivity index (χ0) is 23.0. The predicted octanol–water partition coefficient (Wildman–Crippen LogP) is 5.78. The first-order chi connectivity index (χ1) is 16.1. The Morgan fingerprint density at radius 1 is 1.00 bits per heavy atom. The SMILES string of the molecule is O=C(Nc1ccc(F)c(Cl)c1)c1cccc(NCN2CCC(OCc3ccccc3)CC2)c1. The van der Waals surface area contributed by atoms with Crippen molar-refractivity contribution in [3.05, 3.63) is 94.8 Å². The van der Waals surface area contributed by atoms with Crippen LogP contribution >= 0.6 is 11.6 Å². The van der Waals surface area contributed by atoms with Gasteiger partial charge in [0, 0.05) is 30.0 Å². The molecule has 1 aliphatic heterocycles. The number of carbonyl (C=O) groups is 1. The number of anilines is 2. The summed E-state index contributed by atoms with van der Waals surface area (Å²) in [5, 5.41) is 6.11. The molecule has 0 saturated carbocycles. The van der Waals surface area contributed by atoms with E-state index in [1.54, 1.807) is 12.1 Å². The molecule has 4 rings (SSSR count). The fourth-order valence-electron chi connectivity index (χ4n) is 3.77. The van der Waals surface area contributed by atoms with Crippen LogP contribution in [0.4, 0.5) is 15.8 Å². The normalized spacial score (nSPS) is 14.7. The fraction of sp³-hybridized carbons (Fsp3) is 0.269. The van der Waals surface area contributed by atoms with Gasteiger partial charge in [-0.05, 0) is 54.8 Å². The molecule has 1 heterocycles. The fourth-order valence-corrected chi connectivity index (χ4v) is 3.95. The number of hydrogen-bond donors (Lipinski definition) is 2. The number of amides is 1. The second kappa shape index (κ2) is 11.3. The van der Waals surface area contributed by atoms with Gasteiger partial charge in [-0.15, -0.1) is 0 Å². The van der Waals surface area contributed by atoms with Crippen molar-refractivity contribution in [3.8, 4) is 0 Å². The van der Waals surface area contributed by atoms with Crippen molar-refractivity contribution in [2.75, 3.05) is 30.4 Å². The highest BCUT2D eigenvalue weighted by atomic mass is 35.5. The second-order valence-electron chi connectivity index (χ2n) is 8.11. The van der Waals surface area contributed by atoms with E-state index >= 15 is 0 Å². The summed E-state index contributed by atoms with van der Waals surface area (Å²) in [7, 11) is 0. The number of nitrogens with zero attached hydrogens (tertiary/aromatic N) is 1. The van der Waals surface area contributed by atoms with E-state index in [0.29, 0.717) is 24.5 Å². The van der Waals surface area contributed by atoms with Crippen molar-refractivity contribution in [2.24, 2.45) is 0 Å². The third kappa shape index (κ3) is 6.78. The van der Waals surface area contributed by atoms with Gasteiger partial charge in [-0.25, -0.2) is 4.39 Å². The van der Waals surface area contributed by atoms with Crippen LogP contribution in [0.25, 0.3) is 0 Å². The number of halogens is 2. The first-order valence-electron chi connectivity index (χ1n) is 11.0. The van der Waals surface area contributed by atoms with Crippen LogP contribution in [0.5, 0.6) is 0 Å². The number of nitrogens with one attached hydrogen (secondary N) is 2. The molecule has 5 nitrogen and oxygen atoms in total. The van der Waals surface area contributed by atoms with Gasteiger partial charge in [0.1, 0.15) is 5.82 Å². The van der Waals surface area contributed by atoms with E-state index in [1.807, 2.05) is 30.3 Å². The molecule has 0 aromatic heterocycles. The molecule has 1 saturated heterocycles. The van der Waals surface area contributed by atoms with Crippen molar-refractivity contribution in [3.63, 3.8) is 0 Å². The molecule has 33 heavy (non-hydrogen) atoms. The van der Waals surface area contributed by atoms with Gasteiger partial charge in [-0.2, -0.15) is 0 Å². The van der Waals surface area contributed by atoms with Gasteiger partial charge in [0.2, 0.25) is 0 Å². The minimum atomic E-state index is -0.521. The minimum absolute atomic E-state index is 0.0301. The summed E-state index contributed by atoms with van der Waals surface area (Å²) in [4.78, 5) is 14.9. The molecule has 1 aliphatic rings. The predicted molar refractivity (Wildman–Crippen MR) is 130 cm³/mol. The van der Waals surface area contributed by atoms with E-state index in [9.17, 15) is 9.18 Å². The van der Waals surface area contributed by atoms with Gasteiger partial charge in [0.25, 0.3) is 5.91 Å². The Balaban J connectivity index is 1.23. The number of ether oxygens (including phenoxy) is 1. The maximum Gasteiger partial charge on any atom is 0.255 e. The van der Waals surface area contributed by atoms with E-state index in [4.69, 9.17) is 16.3 Å². The van der Waals surface area contributed by atoms with Gasteiger partial charge >= 0.3 is 0 Å². The number of hydrogen-bond acceptors (Lipinski definition) is 4. The van der Waals surface area contributed by atoms with Crippen LogP contribution in [0, 0.1) is 5.82 Å². The molecule has 0 aliphatic carbocycles. The molecule has 7 heteroatoms. The van der Waals surface area contributed by atoms with Crippen LogP contribution in [0.1, 0.15) is 28.8 Å². The van der Waals surface area contributed by atoms with Crippen LogP contribution in [0.3, 0.4) is 0 Å². The maximum atomic E-state index is 13.3. The molecule has 2 N–H and O–H groups in total. The molecule has 1 fully saturated rings. The summed E-state index contributed by atoms with van der Waals surface area (Å²) >= 11 is 5.79. The molecule has 172 valence electrons. The molecule has 0 bridgehead atoms. The lowest BCUT2D eigenvalue weighted by molar-refractivity contribution is -0.00108. The zero-order valence-corrected chi connectivity index (χ0v) is 19.0. The molecule has 0 radical (unpaired) electrons. The first kappa shape index (κ1) is 23.2. The Kier molecular flexibility index (Phi) is 7.94. The molecule has 1 amide bonds. The third-order valence-corrected chi connectivity index (χ3v) is 5.96. The average Bonchev–Trinajstić information content (AvgIpc) is 2.85. The van der Waals surface area contributed by atoms with Gasteiger partial charge < -0.3 is 15.4 Å². The summed E-state index contributed by atoms with van der Waals surface area (Å²) in [6.45, 7) is 3.27. The number of piperidine rings is 1. The second-order valence-corrected chi connectivity index (χ2v) is 8.52. The molecule has 0 atom stereocenters. The topological polar surface area (TPSA) is 53.6 Å². The Morgan fingerprint density at radius 2 is 1.79 bits per heavy atom. The largest absolute Gasteiger partial charge is 0.373 e. The van der Waals surface area contributed by atoms with E-state index in [1.165, 1.54) is 23.8 Å². The van der Waals surface area contributed by atoms with Gasteiger partial charge in [0.15, 0.2) is 0 Å². The van der Waals surface area contributed by atoms with Crippen molar-refractivity contribution in [2.45, 2.75) is 25.6 Å². The summed E-state index contributed by atoms with van der Waals surface area (Å²) in [5.41, 5.74) is 3.02. The monoisotopic (exact) mass is 467 g/mol. The Labute approximate surface area is 198 Å². The van der Waals surface area contributed by atoms with Gasteiger partial charge in [-0.3, -0.25) is 9.69 Å². The highest BCUT2D eigenvalue weighted by Crippen LogP contribution is 2.21. The smallest absolute Gasteiger partial charge is 0.255 e. The summed E-state index contributed by atoms with van der Waals surface area (Å²) in [6, 6.07) is 21.7. The van der Waals surface area contributed by atoms with Crippen LogP contribution < -0.4 is 10.6 Å². The highest BCUT2D eigenvalue weighted by Gasteiger charge is 2.19. The maximum absolute atomic E-state index is 13.3. The Hall–Kier alpha value is -2.93. The Morgan fingerprint density at radius 3 is 2.55 bits per heavy atom. The number of likely N-dealkylation sites (tertiary alicyclic amines) is 1. The molecule has 0 spiro atoms. The minimum Gasteiger partial charge on any atom is -0.373 e. The molecular weight excluding hydrogens is 441 g/mol. The number of carbonyl (C=O) groups excluding carboxylic acids is 1. The highest BCUT2D eigenvalue weighted by molar-refractivity contribution is 6.31. The van der Waals surface area contributed by atoms with Crippen molar-refractivity contribution >= 4 is 28.9 Å². The van der Waals surface area contributed by atoms with Crippen molar-refractivity contribution < 1.29 is 13.9 Å². The lowest BCUT2D eigenvalue weighted by Gasteiger charge is -2.32. The van der Waals surface area contributed by atoms with Crippen LogP contribution in [0.15, 0.2) is 72.8 Å². The van der Waals surface area contributed by atoms with E-state index in [2.05, 4.69) is 27.7 Å². The summed E-state index contributed by atoms with van der Waals surface area (Å²) < 4.78 is 19.4. The van der Waals surface area contributed by atoms with Gasteiger partial charge in [0.05, 0.1) is 24.4 Å². The lowest BCUT2D eigenvalue weighted by Crippen LogP contribution is -2.39. The van der Waals surface area contributed by atoms with Crippen LogP contribution in [-0.2, 0) is 11.3 Å². The van der Waals surface area contributed by atoms with Crippen LogP contribution in [-0.4, -0.2) is 36.7 Å². The third-order valence-electron chi connectivity index (χ3n) is 5.67. The average molecular weight is 468 g/mol. The standard InChI is InChI=1S/C26H27ClFN3O2/c27-24-16-22(9-10-25(24)28)30-26(32)20-7-4-8-21(15-20)29-18-31-13-11-23(12-14-31)33-17-19-5-2-1-3-6-19/h1-10,15-16,23,29H,11-14,17-18H2,(H,30,32). The molecule has 0 unspecified atom stereocenters. The number of rotatable bonds is 8. The lowest BCUT2D eigenvalue weighted by atomic mass is 10.1. The summed E-state index contributed by atoms with van der Waals surface area (Å²) in [5.74, 6) is -0.801. The van der Waals surface area contributed by atoms with E-state index in [0.717, 1.165) is 31.6 Å². The summed E-state index contributed by atoms with van der Waals surface area (Å²) in [6.07, 6.45) is 2.28. The van der Waals surface area contributed by atoms with Crippen LogP contribution in [0.2, 0.25) is 5.02 Å². The molecular formula is C26H27ClFN3O2. The van der Waals surface area contributed by atoms with Crippen molar-refractivity contribution in [1.29, 1.82) is 0 Å². The first-order valence-corrected chi connectivity index (χ1v) is 11.4. The van der Waals surface area contributed by atoms with Crippen molar-refractivity contribution in [1.82, 2.24) is 4.90 Å². The molecule has 3 aromatic rings. The van der Waals surface area contributed by atoms with E-state index < -0.39 is 5.82 Å². The molecule has 3 aromatic carbocycles.